The molecule has 1 heterocycles. The first-order valence-electron chi connectivity index (χ1n) is 9.50. The second kappa shape index (κ2) is 8.54. The summed E-state index contributed by atoms with van der Waals surface area (Å²) in [6, 6.07) is 18.6. The fourth-order valence-corrected chi connectivity index (χ4v) is 3.20. The van der Waals surface area contributed by atoms with Crippen molar-refractivity contribution >= 4 is 11.6 Å². The van der Waals surface area contributed by atoms with E-state index in [1.54, 1.807) is 42.3 Å². The maximum Gasteiger partial charge on any atom is 0.417 e. The van der Waals surface area contributed by atoms with Crippen LogP contribution in [0.25, 0.3) is 16.9 Å². The number of rotatable bonds is 5. The summed E-state index contributed by atoms with van der Waals surface area (Å²) in [5, 5.41) is 10.6. The highest BCUT2D eigenvalue weighted by Crippen LogP contribution is 2.32. The molecule has 1 amide bonds. The third kappa shape index (κ3) is 4.31. The van der Waals surface area contributed by atoms with Crippen molar-refractivity contribution in [2.45, 2.75) is 6.18 Å². The summed E-state index contributed by atoms with van der Waals surface area (Å²) in [5.41, 5.74) is 1.20. The highest BCUT2D eigenvalue weighted by molar-refractivity contribution is 6.05. The lowest BCUT2D eigenvalue weighted by atomic mass is 10.1. The summed E-state index contributed by atoms with van der Waals surface area (Å²) >= 11 is 0. The molecule has 0 spiro atoms. The molecule has 4 aromatic rings. The molecular weight excluding hydrogens is 421 g/mol. The number of ether oxygens (including phenoxy) is 1. The number of alkyl halides is 3. The number of nitrogens with one attached hydrogen (secondary N) is 1. The molecule has 0 aliphatic heterocycles. The van der Waals surface area contributed by atoms with Crippen LogP contribution in [-0.2, 0) is 6.18 Å². The molecule has 0 aliphatic carbocycles. The van der Waals surface area contributed by atoms with E-state index in [0.717, 1.165) is 29.1 Å². The van der Waals surface area contributed by atoms with Crippen LogP contribution in [0.3, 0.4) is 0 Å². The van der Waals surface area contributed by atoms with E-state index >= 15 is 0 Å². The standard InChI is InChI=1S/C23H17F3N4O2/c1-32-18-12-6-15(7-13-18)21-14-27-29-30(21)17-10-8-16(9-11-17)28-22(31)19-4-2-3-5-20(19)23(24,25)26/h2-14H,1H3,(H,28,31). The number of methoxy groups -OCH3 is 1. The fourth-order valence-electron chi connectivity index (χ4n) is 3.20. The molecular formula is C23H17F3N4O2. The Bertz CT molecular complexity index is 1230. The SMILES string of the molecule is COc1ccc(-c2cnnn2-c2ccc(NC(=O)c3ccccc3C(F)(F)F)cc2)cc1. The predicted octanol–water partition coefficient (Wildman–Crippen LogP) is 5.21. The van der Waals surface area contributed by atoms with E-state index in [1.807, 2.05) is 24.3 Å². The first-order valence-corrected chi connectivity index (χ1v) is 9.50. The molecule has 32 heavy (non-hydrogen) atoms. The van der Waals surface area contributed by atoms with Gasteiger partial charge in [-0.2, -0.15) is 13.2 Å². The van der Waals surface area contributed by atoms with E-state index in [4.69, 9.17) is 4.74 Å². The molecule has 0 aliphatic rings. The lowest BCUT2D eigenvalue weighted by Crippen LogP contribution is -2.18. The quantitative estimate of drug-likeness (QED) is 0.464. The van der Waals surface area contributed by atoms with E-state index in [9.17, 15) is 18.0 Å². The van der Waals surface area contributed by atoms with Gasteiger partial charge in [0.25, 0.3) is 5.91 Å². The van der Waals surface area contributed by atoms with Crippen molar-refractivity contribution in [1.82, 2.24) is 15.0 Å². The van der Waals surface area contributed by atoms with Crippen LogP contribution in [0.5, 0.6) is 5.75 Å². The van der Waals surface area contributed by atoms with Crippen LogP contribution in [0.1, 0.15) is 15.9 Å². The number of halogens is 3. The third-order valence-electron chi connectivity index (χ3n) is 4.78. The molecule has 0 radical (unpaired) electrons. The van der Waals surface area contributed by atoms with Gasteiger partial charge in [0, 0.05) is 11.3 Å². The normalized spacial score (nSPS) is 11.2. The van der Waals surface area contributed by atoms with E-state index in [2.05, 4.69) is 15.6 Å². The second-order valence-electron chi connectivity index (χ2n) is 6.80. The third-order valence-corrected chi connectivity index (χ3v) is 4.78. The minimum atomic E-state index is -4.62. The van der Waals surface area contributed by atoms with E-state index in [1.165, 1.54) is 12.1 Å². The van der Waals surface area contributed by atoms with E-state index in [-0.39, 0.29) is 0 Å². The summed E-state index contributed by atoms with van der Waals surface area (Å²) in [7, 11) is 1.59. The van der Waals surface area contributed by atoms with Crippen molar-refractivity contribution in [1.29, 1.82) is 0 Å². The molecule has 6 nitrogen and oxygen atoms in total. The Morgan fingerprint density at radius 2 is 1.66 bits per heavy atom. The number of hydrogen-bond donors (Lipinski definition) is 1. The van der Waals surface area contributed by atoms with Gasteiger partial charge in [0.15, 0.2) is 0 Å². The number of nitrogens with zero attached hydrogens (tertiary/aromatic N) is 3. The summed E-state index contributed by atoms with van der Waals surface area (Å²) in [6.07, 6.45) is -3.01. The number of hydrogen-bond acceptors (Lipinski definition) is 4. The van der Waals surface area contributed by atoms with Gasteiger partial charge in [0.1, 0.15) is 5.75 Å². The summed E-state index contributed by atoms with van der Waals surface area (Å²) in [6.45, 7) is 0. The summed E-state index contributed by atoms with van der Waals surface area (Å²) < 4.78 is 46.3. The molecule has 0 saturated carbocycles. The molecule has 0 saturated heterocycles. The highest BCUT2D eigenvalue weighted by Gasteiger charge is 2.34. The number of aromatic nitrogens is 3. The van der Waals surface area contributed by atoms with Crippen LogP contribution in [0.15, 0.2) is 79.0 Å². The number of carbonyl (C=O) groups excluding carboxylic acids is 1. The van der Waals surface area contributed by atoms with Gasteiger partial charge in [0.05, 0.1) is 35.8 Å². The van der Waals surface area contributed by atoms with E-state index < -0.39 is 23.2 Å². The van der Waals surface area contributed by atoms with Crippen LogP contribution < -0.4 is 10.1 Å². The topological polar surface area (TPSA) is 69.0 Å². The van der Waals surface area contributed by atoms with Crippen molar-refractivity contribution in [3.8, 4) is 22.7 Å². The second-order valence-corrected chi connectivity index (χ2v) is 6.80. The Labute approximate surface area is 181 Å². The van der Waals surface area contributed by atoms with Gasteiger partial charge in [-0.3, -0.25) is 4.79 Å². The monoisotopic (exact) mass is 438 g/mol. The van der Waals surface area contributed by atoms with Gasteiger partial charge >= 0.3 is 6.18 Å². The van der Waals surface area contributed by atoms with Crippen LogP contribution in [-0.4, -0.2) is 28.0 Å². The molecule has 3 aromatic carbocycles. The molecule has 1 aromatic heterocycles. The smallest absolute Gasteiger partial charge is 0.417 e. The lowest BCUT2D eigenvalue weighted by molar-refractivity contribution is -0.137. The van der Waals surface area contributed by atoms with Crippen molar-refractivity contribution in [3.05, 3.63) is 90.1 Å². The highest BCUT2D eigenvalue weighted by atomic mass is 19.4. The van der Waals surface area contributed by atoms with E-state index in [0.29, 0.717) is 11.4 Å². The first-order chi connectivity index (χ1) is 15.4. The Morgan fingerprint density at radius 1 is 0.969 bits per heavy atom. The maximum absolute atomic E-state index is 13.2. The van der Waals surface area contributed by atoms with Gasteiger partial charge < -0.3 is 10.1 Å². The van der Waals surface area contributed by atoms with Crippen molar-refractivity contribution in [2.24, 2.45) is 0 Å². The van der Waals surface area contributed by atoms with Crippen LogP contribution in [0.4, 0.5) is 18.9 Å². The molecule has 9 heteroatoms. The average Bonchev–Trinajstić information content (AvgIpc) is 3.29. The lowest BCUT2D eigenvalue weighted by Gasteiger charge is -2.13. The van der Waals surface area contributed by atoms with Crippen molar-refractivity contribution < 1.29 is 22.7 Å². The Hall–Kier alpha value is -4.14. The number of anilines is 1. The predicted molar refractivity (Wildman–Crippen MR) is 113 cm³/mol. The zero-order valence-electron chi connectivity index (χ0n) is 16.8. The molecule has 0 atom stereocenters. The number of benzene rings is 3. The Kier molecular flexibility index (Phi) is 5.63. The average molecular weight is 438 g/mol. The Balaban J connectivity index is 1.55. The van der Waals surface area contributed by atoms with Gasteiger partial charge in [-0.25, -0.2) is 4.68 Å². The maximum atomic E-state index is 13.2. The minimum Gasteiger partial charge on any atom is -0.497 e. The Morgan fingerprint density at radius 3 is 2.31 bits per heavy atom. The van der Waals surface area contributed by atoms with Gasteiger partial charge in [-0.15, -0.1) is 5.10 Å². The zero-order chi connectivity index (χ0) is 22.7. The fraction of sp³-hybridized carbons (Fsp3) is 0.0870. The van der Waals surface area contributed by atoms with Crippen LogP contribution in [0.2, 0.25) is 0 Å². The van der Waals surface area contributed by atoms with Gasteiger partial charge in [-0.1, -0.05) is 17.3 Å². The van der Waals surface area contributed by atoms with Gasteiger partial charge in [0.2, 0.25) is 0 Å². The van der Waals surface area contributed by atoms with Crippen molar-refractivity contribution in [3.63, 3.8) is 0 Å². The molecule has 0 unspecified atom stereocenters. The largest absolute Gasteiger partial charge is 0.497 e. The van der Waals surface area contributed by atoms with Gasteiger partial charge in [-0.05, 0) is 60.7 Å². The zero-order valence-corrected chi connectivity index (χ0v) is 16.8. The van der Waals surface area contributed by atoms with Crippen LogP contribution >= 0.6 is 0 Å². The molecule has 0 bridgehead atoms. The first kappa shape index (κ1) is 21.1. The van der Waals surface area contributed by atoms with Crippen molar-refractivity contribution in [2.75, 3.05) is 12.4 Å². The summed E-state index contributed by atoms with van der Waals surface area (Å²) in [4.78, 5) is 12.4. The molecule has 1 N–H and O–H groups in total. The number of amides is 1. The number of carbonyl (C=O) groups is 1. The molecule has 4 rings (SSSR count). The molecule has 162 valence electrons. The minimum absolute atomic E-state index is 0.349. The summed E-state index contributed by atoms with van der Waals surface area (Å²) in [5.74, 6) is -0.120. The molecule has 0 fully saturated rings. The van der Waals surface area contributed by atoms with Crippen LogP contribution in [0, 0.1) is 0 Å².